The van der Waals surface area contributed by atoms with E-state index in [4.69, 9.17) is 4.42 Å². The number of amides is 1. The molecule has 0 aliphatic carbocycles. The molecule has 7 nitrogen and oxygen atoms in total. The van der Waals surface area contributed by atoms with Gasteiger partial charge in [-0.25, -0.2) is 8.42 Å². The SMILES string of the molecule is CCS(=O)(=O)Nc1cc2oc(C=O)c(C(=O)NC)c2cc1Br. The number of hydrogen-bond donors (Lipinski definition) is 2. The van der Waals surface area contributed by atoms with Gasteiger partial charge in [0.05, 0.1) is 17.0 Å². The monoisotopic (exact) mass is 388 g/mol. The minimum absolute atomic E-state index is 0.0846. The van der Waals surface area contributed by atoms with E-state index in [1.807, 2.05) is 0 Å². The number of nitrogens with one attached hydrogen (secondary N) is 2. The number of carbonyl (C=O) groups excluding carboxylic acids is 2. The molecule has 2 rings (SSSR count). The Morgan fingerprint density at radius 2 is 2.09 bits per heavy atom. The van der Waals surface area contributed by atoms with Crippen LogP contribution in [0.3, 0.4) is 0 Å². The first-order valence-electron chi connectivity index (χ1n) is 6.26. The Labute approximate surface area is 135 Å². The number of furan rings is 1. The van der Waals surface area contributed by atoms with Gasteiger partial charge in [-0.2, -0.15) is 0 Å². The highest BCUT2D eigenvalue weighted by atomic mass is 79.9. The summed E-state index contributed by atoms with van der Waals surface area (Å²) < 4.78 is 31.5. The molecule has 0 radical (unpaired) electrons. The van der Waals surface area contributed by atoms with Crippen LogP contribution in [0.5, 0.6) is 0 Å². The van der Waals surface area contributed by atoms with Gasteiger partial charge in [0, 0.05) is 23.0 Å². The van der Waals surface area contributed by atoms with Crippen molar-refractivity contribution in [3.63, 3.8) is 0 Å². The lowest BCUT2D eigenvalue weighted by Gasteiger charge is -2.08. The van der Waals surface area contributed by atoms with E-state index < -0.39 is 15.9 Å². The number of carbonyl (C=O) groups is 2. The van der Waals surface area contributed by atoms with Crippen LogP contribution in [0.1, 0.15) is 27.8 Å². The molecule has 0 aliphatic rings. The van der Waals surface area contributed by atoms with Crippen LogP contribution in [0.25, 0.3) is 11.0 Å². The zero-order valence-electron chi connectivity index (χ0n) is 11.8. The number of halogens is 1. The fourth-order valence-corrected chi connectivity index (χ4v) is 3.12. The van der Waals surface area contributed by atoms with E-state index in [1.165, 1.54) is 26.1 Å². The average molecular weight is 389 g/mol. The minimum Gasteiger partial charge on any atom is -0.452 e. The lowest BCUT2D eigenvalue weighted by Crippen LogP contribution is -2.18. The van der Waals surface area contributed by atoms with Crippen molar-refractivity contribution in [2.24, 2.45) is 0 Å². The molecule has 0 fully saturated rings. The molecular weight excluding hydrogens is 376 g/mol. The summed E-state index contributed by atoms with van der Waals surface area (Å²) in [5.74, 6) is -0.662. The summed E-state index contributed by atoms with van der Waals surface area (Å²) in [4.78, 5) is 22.9. The summed E-state index contributed by atoms with van der Waals surface area (Å²) in [5, 5.41) is 2.84. The Kier molecular flexibility index (Phi) is 4.57. The van der Waals surface area contributed by atoms with Gasteiger partial charge in [-0.3, -0.25) is 14.3 Å². The average Bonchev–Trinajstić information content (AvgIpc) is 2.84. The molecule has 2 aromatic rings. The van der Waals surface area contributed by atoms with Crippen molar-refractivity contribution in [1.82, 2.24) is 5.32 Å². The van der Waals surface area contributed by atoms with E-state index in [1.54, 1.807) is 0 Å². The van der Waals surface area contributed by atoms with Gasteiger partial charge >= 0.3 is 0 Å². The van der Waals surface area contributed by atoms with E-state index in [0.29, 0.717) is 16.1 Å². The highest BCUT2D eigenvalue weighted by Gasteiger charge is 2.21. The third-order valence-corrected chi connectivity index (χ3v) is 4.96. The van der Waals surface area contributed by atoms with Gasteiger partial charge in [-0.05, 0) is 28.9 Å². The molecule has 0 saturated carbocycles. The molecule has 0 unspecified atom stereocenters. The molecule has 1 aromatic carbocycles. The second-order valence-electron chi connectivity index (χ2n) is 4.37. The third kappa shape index (κ3) is 3.00. The molecule has 0 aliphatic heterocycles. The van der Waals surface area contributed by atoms with Crippen LogP contribution in [0.15, 0.2) is 21.0 Å². The number of fused-ring (bicyclic) bond motifs is 1. The van der Waals surface area contributed by atoms with Gasteiger partial charge in [0.2, 0.25) is 10.0 Å². The maximum absolute atomic E-state index is 11.9. The second kappa shape index (κ2) is 6.09. The first-order chi connectivity index (χ1) is 10.3. The fraction of sp³-hybridized carbons (Fsp3) is 0.231. The van der Waals surface area contributed by atoms with Crippen molar-refractivity contribution in [2.45, 2.75) is 6.92 Å². The predicted octanol–water partition coefficient (Wildman–Crippen LogP) is 2.13. The Morgan fingerprint density at radius 1 is 1.41 bits per heavy atom. The highest BCUT2D eigenvalue weighted by Crippen LogP contribution is 2.33. The lowest BCUT2D eigenvalue weighted by molar-refractivity contribution is 0.0955. The topological polar surface area (TPSA) is 105 Å². The number of hydrogen-bond acceptors (Lipinski definition) is 5. The van der Waals surface area contributed by atoms with Crippen LogP contribution >= 0.6 is 15.9 Å². The van der Waals surface area contributed by atoms with Crippen LogP contribution in [0, 0.1) is 0 Å². The largest absolute Gasteiger partial charge is 0.452 e. The fourth-order valence-electron chi connectivity index (χ4n) is 1.90. The third-order valence-electron chi connectivity index (χ3n) is 3.01. The van der Waals surface area contributed by atoms with Crippen LogP contribution < -0.4 is 10.0 Å². The molecular formula is C13H13BrN2O5S. The first-order valence-corrected chi connectivity index (χ1v) is 8.71. The van der Waals surface area contributed by atoms with E-state index in [0.717, 1.165) is 0 Å². The Hall–Kier alpha value is -1.87. The molecule has 2 N–H and O–H groups in total. The molecule has 1 aromatic heterocycles. The lowest BCUT2D eigenvalue weighted by atomic mass is 10.1. The smallest absolute Gasteiger partial charge is 0.255 e. The Morgan fingerprint density at radius 3 is 2.64 bits per heavy atom. The maximum atomic E-state index is 11.9. The Bertz CT molecular complexity index is 857. The summed E-state index contributed by atoms with van der Waals surface area (Å²) in [6.45, 7) is 1.51. The van der Waals surface area contributed by atoms with Gasteiger partial charge in [-0.1, -0.05) is 0 Å². The van der Waals surface area contributed by atoms with Crippen molar-refractivity contribution in [3.05, 3.63) is 27.9 Å². The maximum Gasteiger partial charge on any atom is 0.255 e. The molecule has 0 spiro atoms. The van der Waals surface area contributed by atoms with Crippen LogP contribution in [-0.4, -0.2) is 33.4 Å². The first kappa shape index (κ1) is 16.5. The molecule has 9 heteroatoms. The van der Waals surface area contributed by atoms with Crippen molar-refractivity contribution in [3.8, 4) is 0 Å². The molecule has 118 valence electrons. The Balaban J connectivity index is 2.66. The quantitative estimate of drug-likeness (QED) is 0.763. The van der Waals surface area contributed by atoms with Crippen LogP contribution in [0.2, 0.25) is 0 Å². The molecule has 0 saturated heterocycles. The summed E-state index contributed by atoms with van der Waals surface area (Å²) in [5.41, 5.74) is 0.611. The normalized spacial score (nSPS) is 11.4. The van der Waals surface area contributed by atoms with E-state index >= 15 is 0 Å². The minimum atomic E-state index is -3.46. The molecule has 1 amide bonds. The van der Waals surface area contributed by atoms with E-state index in [2.05, 4.69) is 26.0 Å². The number of rotatable bonds is 5. The summed E-state index contributed by atoms with van der Waals surface area (Å²) in [6.07, 6.45) is 0.439. The van der Waals surface area contributed by atoms with Gasteiger partial charge in [0.1, 0.15) is 5.58 Å². The number of sulfonamides is 1. The van der Waals surface area contributed by atoms with Crippen molar-refractivity contribution in [2.75, 3.05) is 17.5 Å². The summed E-state index contributed by atoms with van der Waals surface area (Å²) in [6, 6.07) is 2.95. The standard InChI is InChI=1S/C13H13BrN2O5S/c1-3-22(19,20)16-9-5-10-7(4-8(9)14)12(13(18)15-2)11(6-17)21-10/h4-6,16H,3H2,1-2H3,(H,15,18). The molecule has 1 heterocycles. The summed E-state index contributed by atoms with van der Waals surface area (Å²) >= 11 is 3.25. The van der Waals surface area contributed by atoms with Gasteiger partial charge < -0.3 is 9.73 Å². The van der Waals surface area contributed by atoms with Gasteiger partial charge in [-0.15, -0.1) is 0 Å². The number of benzene rings is 1. The van der Waals surface area contributed by atoms with E-state index in [9.17, 15) is 18.0 Å². The van der Waals surface area contributed by atoms with Gasteiger partial charge in [0.25, 0.3) is 5.91 Å². The number of aldehydes is 1. The highest BCUT2D eigenvalue weighted by molar-refractivity contribution is 9.10. The van der Waals surface area contributed by atoms with E-state index in [-0.39, 0.29) is 28.3 Å². The van der Waals surface area contributed by atoms with Crippen molar-refractivity contribution in [1.29, 1.82) is 0 Å². The second-order valence-corrected chi connectivity index (χ2v) is 7.24. The van der Waals surface area contributed by atoms with Gasteiger partial charge in [0.15, 0.2) is 12.0 Å². The number of anilines is 1. The molecule has 0 bridgehead atoms. The van der Waals surface area contributed by atoms with Crippen molar-refractivity contribution < 1.29 is 22.4 Å². The molecule has 22 heavy (non-hydrogen) atoms. The van der Waals surface area contributed by atoms with Crippen molar-refractivity contribution >= 4 is 54.8 Å². The summed E-state index contributed by atoms with van der Waals surface area (Å²) in [7, 11) is -2.03. The zero-order chi connectivity index (χ0) is 16.5. The zero-order valence-corrected chi connectivity index (χ0v) is 14.2. The van der Waals surface area contributed by atoms with Crippen LogP contribution in [0.4, 0.5) is 5.69 Å². The molecule has 0 atom stereocenters. The van der Waals surface area contributed by atoms with Crippen LogP contribution in [-0.2, 0) is 10.0 Å². The predicted molar refractivity (Wildman–Crippen MR) is 85.8 cm³/mol.